The molecule has 112 valence electrons. The minimum atomic E-state index is -0.522. The van der Waals surface area contributed by atoms with E-state index >= 15 is 0 Å². The lowest BCUT2D eigenvalue weighted by molar-refractivity contribution is -0.402. The molecule has 0 N–H and O–H groups in total. The molecular weight excluding hydrogens is 306 g/mol. The summed E-state index contributed by atoms with van der Waals surface area (Å²) >= 11 is 6.16. The highest BCUT2D eigenvalue weighted by Crippen LogP contribution is 2.38. The summed E-state index contributed by atoms with van der Waals surface area (Å²) in [6.45, 7) is 0. The molecule has 3 aromatic rings. The summed E-state index contributed by atoms with van der Waals surface area (Å²) in [7, 11) is 1.50. The average Bonchev–Trinajstić information content (AvgIpc) is 2.88. The quantitative estimate of drug-likeness (QED) is 0.521. The first-order valence-corrected chi connectivity index (χ1v) is 6.95. The molecule has 6 heteroatoms. The molecule has 2 aromatic carbocycles. The summed E-state index contributed by atoms with van der Waals surface area (Å²) in [5.41, 5.74) is 1.67. The van der Waals surface area contributed by atoms with Gasteiger partial charge in [-0.3, -0.25) is 10.1 Å². The van der Waals surface area contributed by atoms with Gasteiger partial charge < -0.3 is 9.15 Å². The first-order chi connectivity index (χ1) is 10.6. The number of para-hydroxylation sites is 1. The monoisotopic (exact) mass is 317 g/mol. The van der Waals surface area contributed by atoms with Crippen LogP contribution in [0.4, 0.5) is 5.88 Å². The molecule has 0 saturated carbocycles. The lowest BCUT2D eigenvalue weighted by atomic mass is 10.0. The molecule has 0 aliphatic heterocycles. The molecule has 3 rings (SSSR count). The fourth-order valence-corrected chi connectivity index (χ4v) is 2.65. The lowest BCUT2D eigenvalue weighted by Crippen LogP contribution is -1.94. The van der Waals surface area contributed by atoms with Crippen LogP contribution in [0.25, 0.3) is 11.0 Å². The van der Waals surface area contributed by atoms with Crippen molar-refractivity contribution < 1.29 is 14.1 Å². The second-order valence-electron chi connectivity index (χ2n) is 4.75. The SMILES string of the molecule is COc1cccc2c(Cc3ccccc3Cl)c([N+](=O)[O-])oc12. The summed E-state index contributed by atoms with van der Waals surface area (Å²) in [5.74, 6) is 0.186. The average molecular weight is 318 g/mol. The number of benzene rings is 2. The van der Waals surface area contributed by atoms with Crippen molar-refractivity contribution in [3.05, 3.63) is 68.7 Å². The Morgan fingerprint density at radius 3 is 2.68 bits per heavy atom. The number of hydrogen-bond acceptors (Lipinski definition) is 4. The Hall–Kier alpha value is -2.53. The maximum Gasteiger partial charge on any atom is 0.437 e. The topological polar surface area (TPSA) is 65.5 Å². The Kier molecular flexibility index (Phi) is 3.73. The van der Waals surface area contributed by atoms with Crippen molar-refractivity contribution in [3.63, 3.8) is 0 Å². The Balaban J connectivity index is 2.21. The zero-order valence-electron chi connectivity index (χ0n) is 11.7. The van der Waals surface area contributed by atoms with E-state index < -0.39 is 4.92 Å². The Labute approximate surface area is 131 Å². The van der Waals surface area contributed by atoms with Crippen LogP contribution in [0.2, 0.25) is 5.02 Å². The van der Waals surface area contributed by atoms with Gasteiger partial charge in [0.15, 0.2) is 11.3 Å². The van der Waals surface area contributed by atoms with Crippen molar-refractivity contribution in [2.75, 3.05) is 7.11 Å². The van der Waals surface area contributed by atoms with Crippen LogP contribution in [-0.4, -0.2) is 12.0 Å². The number of ether oxygens (including phenoxy) is 1. The van der Waals surface area contributed by atoms with Crippen molar-refractivity contribution in [1.29, 1.82) is 0 Å². The molecule has 0 aliphatic rings. The molecule has 1 heterocycles. The Morgan fingerprint density at radius 2 is 2.00 bits per heavy atom. The van der Waals surface area contributed by atoms with Crippen LogP contribution in [0.1, 0.15) is 11.1 Å². The second-order valence-corrected chi connectivity index (χ2v) is 5.16. The Bertz CT molecular complexity index is 856. The standard InChI is InChI=1S/C16H12ClNO4/c1-21-14-8-4-6-11-12(16(18(19)20)22-15(11)14)9-10-5-2-3-7-13(10)17/h2-8H,9H2,1H3. The number of fused-ring (bicyclic) bond motifs is 1. The van der Waals surface area contributed by atoms with Gasteiger partial charge in [0.05, 0.1) is 12.7 Å². The van der Waals surface area contributed by atoms with Gasteiger partial charge in [-0.2, -0.15) is 0 Å². The maximum absolute atomic E-state index is 11.3. The lowest BCUT2D eigenvalue weighted by Gasteiger charge is -2.02. The van der Waals surface area contributed by atoms with Gasteiger partial charge in [-0.15, -0.1) is 0 Å². The normalized spacial score (nSPS) is 10.8. The summed E-state index contributed by atoms with van der Waals surface area (Å²) in [4.78, 5) is 10.8. The molecule has 0 unspecified atom stereocenters. The van der Waals surface area contributed by atoms with Crippen LogP contribution >= 0.6 is 11.6 Å². The van der Waals surface area contributed by atoms with Gasteiger partial charge in [0.1, 0.15) is 4.92 Å². The summed E-state index contributed by atoms with van der Waals surface area (Å²) in [6, 6.07) is 12.5. The highest BCUT2D eigenvalue weighted by Gasteiger charge is 2.26. The number of hydrogen-bond donors (Lipinski definition) is 0. The molecule has 0 amide bonds. The predicted molar refractivity (Wildman–Crippen MR) is 83.7 cm³/mol. The van der Waals surface area contributed by atoms with E-state index in [4.69, 9.17) is 20.8 Å². The minimum Gasteiger partial charge on any atom is -0.493 e. The van der Waals surface area contributed by atoms with E-state index in [2.05, 4.69) is 0 Å². The second kappa shape index (κ2) is 5.69. The van der Waals surface area contributed by atoms with E-state index in [9.17, 15) is 10.1 Å². The largest absolute Gasteiger partial charge is 0.493 e. The molecule has 0 fully saturated rings. The molecule has 0 radical (unpaired) electrons. The number of methoxy groups -OCH3 is 1. The van der Waals surface area contributed by atoms with E-state index in [1.54, 1.807) is 24.3 Å². The van der Waals surface area contributed by atoms with Gasteiger partial charge in [0.25, 0.3) is 0 Å². The molecule has 0 saturated heterocycles. The first kappa shape index (κ1) is 14.4. The summed E-state index contributed by atoms with van der Waals surface area (Å²) in [5, 5.41) is 12.5. The maximum atomic E-state index is 11.3. The highest BCUT2D eigenvalue weighted by molar-refractivity contribution is 6.31. The smallest absolute Gasteiger partial charge is 0.437 e. The zero-order chi connectivity index (χ0) is 15.7. The van der Waals surface area contributed by atoms with Crippen LogP contribution in [0.5, 0.6) is 5.75 Å². The van der Waals surface area contributed by atoms with E-state index in [-0.39, 0.29) is 5.88 Å². The van der Waals surface area contributed by atoms with Crippen molar-refractivity contribution in [3.8, 4) is 5.75 Å². The first-order valence-electron chi connectivity index (χ1n) is 6.58. The van der Waals surface area contributed by atoms with Gasteiger partial charge >= 0.3 is 5.88 Å². The highest BCUT2D eigenvalue weighted by atomic mass is 35.5. The molecule has 0 bridgehead atoms. The molecule has 22 heavy (non-hydrogen) atoms. The number of nitro groups is 1. The molecular formula is C16H12ClNO4. The fourth-order valence-electron chi connectivity index (χ4n) is 2.44. The van der Waals surface area contributed by atoms with Crippen molar-refractivity contribution in [1.82, 2.24) is 0 Å². The minimum absolute atomic E-state index is 0.278. The van der Waals surface area contributed by atoms with E-state index in [1.165, 1.54) is 7.11 Å². The number of rotatable bonds is 4. The summed E-state index contributed by atoms with van der Waals surface area (Å²) in [6.07, 6.45) is 0.316. The molecule has 0 atom stereocenters. The summed E-state index contributed by atoms with van der Waals surface area (Å²) < 4.78 is 10.6. The third-order valence-corrected chi connectivity index (χ3v) is 3.84. The van der Waals surface area contributed by atoms with Gasteiger partial charge in [0.2, 0.25) is 0 Å². The van der Waals surface area contributed by atoms with Crippen molar-refractivity contribution in [2.24, 2.45) is 0 Å². The van der Waals surface area contributed by atoms with Crippen LogP contribution in [-0.2, 0) is 6.42 Å². The Morgan fingerprint density at radius 1 is 1.23 bits per heavy atom. The van der Waals surface area contributed by atoms with Crippen molar-refractivity contribution in [2.45, 2.75) is 6.42 Å². The van der Waals surface area contributed by atoms with Gasteiger partial charge in [-0.05, 0) is 17.7 Å². The third kappa shape index (κ3) is 2.40. The van der Waals surface area contributed by atoms with Crippen LogP contribution < -0.4 is 4.74 Å². The third-order valence-electron chi connectivity index (χ3n) is 3.47. The molecule has 0 spiro atoms. The number of halogens is 1. The van der Waals surface area contributed by atoms with Gasteiger partial charge in [-0.25, -0.2) is 0 Å². The molecule has 1 aromatic heterocycles. The zero-order valence-corrected chi connectivity index (χ0v) is 12.5. The fraction of sp³-hybridized carbons (Fsp3) is 0.125. The van der Waals surface area contributed by atoms with E-state index in [0.29, 0.717) is 33.7 Å². The van der Waals surface area contributed by atoms with Crippen LogP contribution in [0.3, 0.4) is 0 Å². The van der Waals surface area contributed by atoms with E-state index in [1.807, 2.05) is 18.2 Å². The van der Waals surface area contributed by atoms with E-state index in [0.717, 1.165) is 5.56 Å². The predicted octanol–water partition coefficient (Wildman–Crippen LogP) is 4.59. The molecule has 0 aliphatic carbocycles. The number of nitrogens with zero attached hydrogens (tertiary/aromatic N) is 1. The van der Waals surface area contributed by atoms with Gasteiger partial charge in [0, 0.05) is 16.8 Å². The molecule has 5 nitrogen and oxygen atoms in total. The number of furan rings is 1. The van der Waals surface area contributed by atoms with Crippen molar-refractivity contribution >= 4 is 28.5 Å². The van der Waals surface area contributed by atoms with Crippen LogP contribution in [0.15, 0.2) is 46.9 Å². The van der Waals surface area contributed by atoms with Crippen LogP contribution in [0, 0.1) is 10.1 Å². The van der Waals surface area contributed by atoms with Gasteiger partial charge in [-0.1, -0.05) is 41.9 Å².